The molecule has 2 aromatic heterocycles. The highest BCUT2D eigenvalue weighted by Gasteiger charge is 2.08. The monoisotopic (exact) mass is 316 g/mol. The molecule has 4 nitrogen and oxygen atoms in total. The van der Waals surface area contributed by atoms with Gasteiger partial charge in [0.05, 0.1) is 10.7 Å². The second-order valence-electron chi connectivity index (χ2n) is 4.39. The lowest BCUT2D eigenvalue weighted by atomic mass is 10.1. The predicted molar refractivity (Wildman–Crippen MR) is 78.9 cm³/mol. The van der Waals surface area contributed by atoms with Crippen LogP contribution in [0.3, 0.4) is 0 Å². The smallest absolute Gasteiger partial charge is 0.171 e. The van der Waals surface area contributed by atoms with Crippen molar-refractivity contribution in [3.8, 4) is 0 Å². The minimum Gasteiger partial charge on any atom is -0.384 e. The lowest BCUT2D eigenvalue weighted by Crippen LogP contribution is -2.04. The van der Waals surface area contributed by atoms with E-state index in [1.165, 1.54) is 5.56 Å². The predicted octanol–water partition coefficient (Wildman–Crippen LogP) is 2.86. The molecular formula is C14H13BrN4. The van der Waals surface area contributed by atoms with Crippen LogP contribution in [0.2, 0.25) is 0 Å². The maximum absolute atomic E-state index is 5.98. The number of halogens is 1. The molecule has 0 radical (unpaired) electrons. The van der Waals surface area contributed by atoms with Crippen LogP contribution in [-0.4, -0.2) is 14.6 Å². The molecule has 2 heterocycles. The summed E-state index contributed by atoms with van der Waals surface area (Å²) >= 11 is 3.43. The van der Waals surface area contributed by atoms with E-state index in [9.17, 15) is 0 Å². The third kappa shape index (κ3) is 2.46. The molecule has 0 aliphatic heterocycles. The van der Waals surface area contributed by atoms with E-state index in [4.69, 9.17) is 5.73 Å². The maximum Gasteiger partial charge on any atom is 0.171 e. The van der Waals surface area contributed by atoms with Crippen molar-refractivity contribution in [3.63, 3.8) is 0 Å². The summed E-state index contributed by atoms with van der Waals surface area (Å²) in [6, 6.07) is 12.2. The number of hydrogen-bond acceptors (Lipinski definition) is 3. The number of rotatable bonds is 3. The van der Waals surface area contributed by atoms with E-state index in [0.717, 1.165) is 28.7 Å². The highest BCUT2D eigenvalue weighted by Crippen LogP contribution is 2.19. The highest BCUT2D eigenvalue weighted by atomic mass is 79.9. The second-order valence-corrected chi connectivity index (χ2v) is 5.24. The number of aryl methyl sites for hydroxylation is 2. The van der Waals surface area contributed by atoms with Crippen molar-refractivity contribution in [2.45, 2.75) is 12.8 Å². The average molecular weight is 317 g/mol. The minimum atomic E-state index is 0.610. The highest BCUT2D eigenvalue weighted by molar-refractivity contribution is 9.10. The SMILES string of the molecule is Nc1cc(CCc2ccccc2)nc2c(Br)cnn12. The summed E-state index contributed by atoms with van der Waals surface area (Å²) in [5.74, 6) is 0.610. The zero-order valence-corrected chi connectivity index (χ0v) is 11.8. The topological polar surface area (TPSA) is 56.2 Å². The first kappa shape index (κ1) is 12.2. The number of nitrogens with two attached hydrogens (primary N) is 1. The molecule has 1 aromatic carbocycles. The molecule has 5 heteroatoms. The molecule has 0 atom stereocenters. The van der Waals surface area contributed by atoms with E-state index in [0.29, 0.717) is 5.82 Å². The number of nitrogen functional groups attached to an aromatic ring is 1. The van der Waals surface area contributed by atoms with Crippen LogP contribution in [0.1, 0.15) is 11.3 Å². The van der Waals surface area contributed by atoms with E-state index in [-0.39, 0.29) is 0 Å². The Hall–Kier alpha value is -1.88. The third-order valence-electron chi connectivity index (χ3n) is 3.02. The quantitative estimate of drug-likeness (QED) is 0.808. The van der Waals surface area contributed by atoms with Gasteiger partial charge in [-0.15, -0.1) is 0 Å². The van der Waals surface area contributed by atoms with Crippen molar-refractivity contribution in [1.82, 2.24) is 14.6 Å². The molecule has 0 bridgehead atoms. The fourth-order valence-corrected chi connectivity index (χ4v) is 2.41. The first-order valence-corrected chi connectivity index (χ1v) is 6.86. The summed E-state index contributed by atoms with van der Waals surface area (Å²) in [6.45, 7) is 0. The zero-order chi connectivity index (χ0) is 13.2. The van der Waals surface area contributed by atoms with Crippen molar-refractivity contribution in [2.24, 2.45) is 0 Å². The van der Waals surface area contributed by atoms with Crippen molar-refractivity contribution < 1.29 is 0 Å². The van der Waals surface area contributed by atoms with Crippen molar-refractivity contribution >= 4 is 27.4 Å². The van der Waals surface area contributed by atoms with E-state index in [1.54, 1.807) is 10.7 Å². The Labute approximate surface area is 119 Å². The van der Waals surface area contributed by atoms with Crippen LogP contribution in [0.15, 0.2) is 47.1 Å². The number of benzene rings is 1. The van der Waals surface area contributed by atoms with Gasteiger partial charge in [0.15, 0.2) is 5.65 Å². The van der Waals surface area contributed by atoms with Crippen LogP contribution in [0.25, 0.3) is 5.65 Å². The summed E-state index contributed by atoms with van der Waals surface area (Å²) in [7, 11) is 0. The fraction of sp³-hybridized carbons (Fsp3) is 0.143. The number of nitrogens with zero attached hydrogens (tertiary/aromatic N) is 3. The van der Waals surface area contributed by atoms with Gasteiger partial charge in [-0.05, 0) is 34.3 Å². The number of hydrogen-bond donors (Lipinski definition) is 1. The molecule has 0 unspecified atom stereocenters. The summed E-state index contributed by atoms with van der Waals surface area (Å²) in [5, 5.41) is 4.16. The zero-order valence-electron chi connectivity index (χ0n) is 10.3. The fourth-order valence-electron chi connectivity index (χ4n) is 2.06. The van der Waals surface area contributed by atoms with Gasteiger partial charge >= 0.3 is 0 Å². The van der Waals surface area contributed by atoms with Gasteiger partial charge in [-0.2, -0.15) is 9.61 Å². The Morgan fingerprint density at radius 1 is 1.16 bits per heavy atom. The van der Waals surface area contributed by atoms with Crippen LogP contribution >= 0.6 is 15.9 Å². The first-order chi connectivity index (χ1) is 9.24. The Bertz CT molecular complexity index is 706. The van der Waals surface area contributed by atoms with Gasteiger partial charge in [0.1, 0.15) is 5.82 Å². The Morgan fingerprint density at radius 2 is 1.95 bits per heavy atom. The lowest BCUT2D eigenvalue weighted by Gasteiger charge is -2.05. The summed E-state index contributed by atoms with van der Waals surface area (Å²) in [4.78, 5) is 4.58. The summed E-state index contributed by atoms with van der Waals surface area (Å²) in [6.07, 6.45) is 3.53. The molecule has 0 amide bonds. The van der Waals surface area contributed by atoms with Gasteiger partial charge in [0, 0.05) is 11.8 Å². The second kappa shape index (κ2) is 5.01. The summed E-state index contributed by atoms with van der Waals surface area (Å²) in [5.41, 5.74) is 9.03. The van der Waals surface area contributed by atoms with E-state index in [2.05, 4.69) is 38.1 Å². The van der Waals surface area contributed by atoms with Crippen molar-refractivity contribution in [2.75, 3.05) is 5.73 Å². The van der Waals surface area contributed by atoms with Crippen LogP contribution in [0.5, 0.6) is 0 Å². The van der Waals surface area contributed by atoms with Crippen LogP contribution in [-0.2, 0) is 12.8 Å². The average Bonchev–Trinajstić information content (AvgIpc) is 2.80. The Morgan fingerprint density at radius 3 is 2.74 bits per heavy atom. The van der Waals surface area contributed by atoms with E-state index in [1.807, 2.05) is 24.3 Å². The van der Waals surface area contributed by atoms with Gasteiger partial charge in [-0.3, -0.25) is 0 Å². The molecule has 96 valence electrons. The maximum atomic E-state index is 5.98. The normalized spacial score (nSPS) is 11.0. The van der Waals surface area contributed by atoms with Crippen molar-refractivity contribution in [1.29, 1.82) is 0 Å². The number of anilines is 1. The Kier molecular flexibility index (Phi) is 3.21. The molecule has 0 aliphatic carbocycles. The number of aromatic nitrogens is 3. The Balaban J connectivity index is 1.87. The molecule has 0 aliphatic rings. The molecule has 0 spiro atoms. The van der Waals surface area contributed by atoms with E-state index < -0.39 is 0 Å². The van der Waals surface area contributed by atoms with E-state index >= 15 is 0 Å². The lowest BCUT2D eigenvalue weighted by molar-refractivity contribution is 0.883. The van der Waals surface area contributed by atoms with Gasteiger partial charge in [-0.25, -0.2) is 4.98 Å². The standard InChI is InChI=1S/C14H13BrN4/c15-12-9-17-19-13(16)8-11(18-14(12)19)7-6-10-4-2-1-3-5-10/h1-5,8-9H,6-7,16H2. The van der Waals surface area contributed by atoms with Crippen molar-refractivity contribution in [3.05, 3.63) is 58.3 Å². The van der Waals surface area contributed by atoms with Crippen LogP contribution < -0.4 is 5.73 Å². The molecule has 3 aromatic rings. The van der Waals surface area contributed by atoms with Crippen LogP contribution in [0, 0.1) is 0 Å². The van der Waals surface area contributed by atoms with Gasteiger partial charge in [0.25, 0.3) is 0 Å². The molecule has 19 heavy (non-hydrogen) atoms. The molecule has 0 saturated heterocycles. The molecule has 0 fully saturated rings. The molecule has 0 saturated carbocycles. The number of fused-ring (bicyclic) bond motifs is 1. The van der Waals surface area contributed by atoms with Crippen LogP contribution in [0.4, 0.5) is 5.82 Å². The molecule has 3 rings (SSSR count). The largest absolute Gasteiger partial charge is 0.384 e. The third-order valence-corrected chi connectivity index (χ3v) is 3.58. The molecule has 2 N–H and O–H groups in total. The summed E-state index contributed by atoms with van der Waals surface area (Å²) < 4.78 is 2.50. The van der Waals surface area contributed by atoms with Gasteiger partial charge in [-0.1, -0.05) is 30.3 Å². The van der Waals surface area contributed by atoms with Gasteiger partial charge < -0.3 is 5.73 Å². The molecular weight excluding hydrogens is 304 g/mol. The minimum absolute atomic E-state index is 0.610. The van der Waals surface area contributed by atoms with Gasteiger partial charge in [0.2, 0.25) is 0 Å². The first-order valence-electron chi connectivity index (χ1n) is 6.06.